The van der Waals surface area contributed by atoms with Gasteiger partial charge in [0.1, 0.15) is 0 Å². The maximum atomic E-state index is 8.79. The van der Waals surface area contributed by atoms with Crippen LogP contribution in [0.2, 0.25) is 0 Å². The molecular weight excluding hydrogens is 212 g/mol. The lowest BCUT2D eigenvalue weighted by Crippen LogP contribution is -2.34. The lowest BCUT2D eigenvalue weighted by Gasteiger charge is -2.19. The average molecular weight is 234 g/mol. The predicted molar refractivity (Wildman–Crippen MR) is 71.5 cm³/mol. The van der Waals surface area contributed by atoms with Crippen molar-refractivity contribution in [1.29, 1.82) is 0 Å². The van der Waals surface area contributed by atoms with Gasteiger partial charge in [-0.05, 0) is 30.5 Å². The van der Waals surface area contributed by atoms with Gasteiger partial charge in [-0.1, -0.05) is 19.1 Å². The average Bonchev–Trinajstić information content (AvgIpc) is 2.85. The van der Waals surface area contributed by atoms with E-state index in [9.17, 15) is 0 Å². The first kappa shape index (κ1) is 12.4. The summed E-state index contributed by atoms with van der Waals surface area (Å²) in [6.07, 6.45) is 2.26. The second-order valence-corrected chi connectivity index (χ2v) is 4.63. The Bertz CT molecular complexity index is 337. The zero-order chi connectivity index (χ0) is 12.1. The molecule has 3 nitrogen and oxygen atoms in total. The summed E-state index contributed by atoms with van der Waals surface area (Å²) in [5.74, 6) is 0. The third-order valence-corrected chi connectivity index (χ3v) is 3.44. The van der Waals surface area contributed by atoms with Crippen molar-refractivity contribution in [2.75, 3.05) is 31.1 Å². The summed E-state index contributed by atoms with van der Waals surface area (Å²) in [5.41, 5.74) is 2.71. The second kappa shape index (κ2) is 6.03. The molecule has 0 aromatic heterocycles. The van der Waals surface area contributed by atoms with Crippen molar-refractivity contribution >= 4 is 5.69 Å². The van der Waals surface area contributed by atoms with Gasteiger partial charge in [-0.2, -0.15) is 0 Å². The maximum Gasteiger partial charge on any atom is 0.0556 e. The van der Waals surface area contributed by atoms with E-state index in [4.69, 9.17) is 5.11 Å². The van der Waals surface area contributed by atoms with E-state index in [2.05, 4.69) is 41.4 Å². The minimum atomic E-state index is 0.224. The van der Waals surface area contributed by atoms with Crippen LogP contribution in [-0.2, 0) is 6.42 Å². The predicted octanol–water partition coefficient (Wildman–Crippen LogP) is 1.41. The molecule has 1 heterocycles. The minimum Gasteiger partial charge on any atom is -0.395 e. The van der Waals surface area contributed by atoms with Crippen LogP contribution in [0.5, 0.6) is 0 Å². The molecule has 1 fully saturated rings. The zero-order valence-electron chi connectivity index (χ0n) is 10.5. The molecule has 0 aliphatic carbocycles. The van der Waals surface area contributed by atoms with Gasteiger partial charge in [0.05, 0.1) is 6.61 Å². The first-order valence-electron chi connectivity index (χ1n) is 6.51. The molecule has 2 rings (SSSR count). The third kappa shape index (κ3) is 3.20. The molecule has 1 atom stereocenters. The van der Waals surface area contributed by atoms with Gasteiger partial charge >= 0.3 is 0 Å². The normalized spacial score (nSPS) is 19.9. The van der Waals surface area contributed by atoms with Crippen LogP contribution in [0.3, 0.4) is 0 Å². The third-order valence-electron chi connectivity index (χ3n) is 3.44. The van der Waals surface area contributed by atoms with Crippen molar-refractivity contribution < 1.29 is 5.11 Å². The lowest BCUT2D eigenvalue weighted by molar-refractivity contribution is 0.286. The molecule has 1 aliphatic rings. The molecule has 1 aromatic rings. The molecule has 0 amide bonds. The van der Waals surface area contributed by atoms with Crippen LogP contribution in [0.1, 0.15) is 18.9 Å². The number of nitrogens with one attached hydrogen (secondary N) is 1. The highest BCUT2D eigenvalue weighted by atomic mass is 16.3. The quantitative estimate of drug-likeness (QED) is 0.808. The largest absolute Gasteiger partial charge is 0.395 e. The number of rotatable bonds is 5. The number of hydrogen-bond acceptors (Lipinski definition) is 3. The standard InChI is InChI=1S/C14H22N2O/c1-2-12-3-5-14(6-4-12)16-9-7-13(11-16)15-8-10-17/h3-6,13,15,17H,2,7-11H2,1H3. The van der Waals surface area contributed by atoms with E-state index in [1.54, 1.807) is 0 Å². The highest BCUT2D eigenvalue weighted by Crippen LogP contribution is 2.20. The van der Waals surface area contributed by atoms with Crippen molar-refractivity contribution in [2.45, 2.75) is 25.8 Å². The second-order valence-electron chi connectivity index (χ2n) is 4.63. The monoisotopic (exact) mass is 234 g/mol. The number of aliphatic hydroxyl groups excluding tert-OH is 1. The van der Waals surface area contributed by atoms with Crippen LogP contribution >= 0.6 is 0 Å². The Morgan fingerprint density at radius 1 is 1.35 bits per heavy atom. The Labute approximate surface area is 103 Å². The van der Waals surface area contributed by atoms with E-state index < -0.39 is 0 Å². The molecule has 0 radical (unpaired) electrons. The summed E-state index contributed by atoms with van der Waals surface area (Å²) in [5, 5.41) is 12.2. The number of anilines is 1. The molecular formula is C14H22N2O. The van der Waals surface area contributed by atoms with E-state index in [1.165, 1.54) is 11.3 Å². The Balaban J connectivity index is 1.90. The lowest BCUT2D eigenvalue weighted by atomic mass is 10.1. The SMILES string of the molecule is CCc1ccc(N2CCC(NCCO)C2)cc1. The van der Waals surface area contributed by atoms with Crippen LogP contribution in [-0.4, -0.2) is 37.4 Å². The molecule has 0 spiro atoms. The van der Waals surface area contributed by atoms with Gasteiger partial charge in [0.15, 0.2) is 0 Å². The van der Waals surface area contributed by atoms with Crippen LogP contribution in [0, 0.1) is 0 Å². The highest BCUT2D eigenvalue weighted by molar-refractivity contribution is 5.48. The first-order valence-corrected chi connectivity index (χ1v) is 6.51. The van der Waals surface area contributed by atoms with E-state index >= 15 is 0 Å². The smallest absolute Gasteiger partial charge is 0.0556 e. The molecule has 1 unspecified atom stereocenters. The van der Waals surface area contributed by atoms with Gasteiger partial charge in [-0.3, -0.25) is 0 Å². The number of benzene rings is 1. The summed E-state index contributed by atoms with van der Waals surface area (Å²) in [4.78, 5) is 2.41. The minimum absolute atomic E-state index is 0.224. The molecule has 1 aromatic carbocycles. The Morgan fingerprint density at radius 3 is 2.76 bits per heavy atom. The Hall–Kier alpha value is -1.06. The summed E-state index contributed by atoms with van der Waals surface area (Å²) in [6.45, 7) is 5.26. The topological polar surface area (TPSA) is 35.5 Å². The maximum absolute atomic E-state index is 8.79. The number of aryl methyl sites for hydroxylation is 1. The van der Waals surface area contributed by atoms with Crippen molar-refractivity contribution in [1.82, 2.24) is 5.32 Å². The van der Waals surface area contributed by atoms with Crippen molar-refractivity contribution in [3.63, 3.8) is 0 Å². The summed E-state index contributed by atoms with van der Waals surface area (Å²) in [6, 6.07) is 9.38. The van der Waals surface area contributed by atoms with Gasteiger partial charge in [-0.15, -0.1) is 0 Å². The van der Waals surface area contributed by atoms with Crippen molar-refractivity contribution in [3.05, 3.63) is 29.8 Å². The Morgan fingerprint density at radius 2 is 2.12 bits per heavy atom. The van der Waals surface area contributed by atoms with Crippen LogP contribution < -0.4 is 10.2 Å². The van der Waals surface area contributed by atoms with Gasteiger partial charge in [-0.25, -0.2) is 0 Å². The molecule has 94 valence electrons. The van der Waals surface area contributed by atoms with E-state index in [0.717, 1.165) is 25.9 Å². The molecule has 1 saturated heterocycles. The van der Waals surface area contributed by atoms with Gasteiger partial charge in [0, 0.05) is 31.4 Å². The van der Waals surface area contributed by atoms with Crippen molar-refractivity contribution in [2.24, 2.45) is 0 Å². The highest BCUT2D eigenvalue weighted by Gasteiger charge is 2.21. The Kier molecular flexibility index (Phi) is 4.40. The molecule has 2 N–H and O–H groups in total. The van der Waals surface area contributed by atoms with E-state index in [-0.39, 0.29) is 6.61 Å². The fourth-order valence-corrected chi connectivity index (χ4v) is 2.37. The zero-order valence-corrected chi connectivity index (χ0v) is 10.5. The molecule has 0 saturated carbocycles. The molecule has 17 heavy (non-hydrogen) atoms. The number of hydrogen-bond donors (Lipinski definition) is 2. The van der Waals surface area contributed by atoms with Gasteiger partial charge in [0.2, 0.25) is 0 Å². The van der Waals surface area contributed by atoms with Gasteiger partial charge < -0.3 is 15.3 Å². The molecule has 1 aliphatic heterocycles. The number of nitrogens with zero attached hydrogens (tertiary/aromatic N) is 1. The molecule has 3 heteroatoms. The van der Waals surface area contributed by atoms with E-state index in [0.29, 0.717) is 12.6 Å². The fraction of sp³-hybridized carbons (Fsp3) is 0.571. The summed E-state index contributed by atoms with van der Waals surface area (Å²) in [7, 11) is 0. The van der Waals surface area contributed by atoms with E-state index in [1.807, 2.05) is 0 Å². The number of aliphatic hydroxyl groups is 1. The van der Waals surface area contributed by atoms with Gasteiger partial charge in [0.25, 0.3) is 0 Å². The first-order chi connectivity index (χ1) is 8.33. The molecule has 0 bridgehead atoms. The summed E-state index contributed by atoms with van der Waals surface area (Å²) >= 11 is 0. The van der Waals surface area contributed by atoms with Crippen molar-refractivity contribution in [3.8, 4) is 0 Å². The fourth-order valence-electron chi connectivity index (χ4n) is 2.37. The van der Waals surface area contributed by atoms with Crippen LogP contribution in [0.4, 0.5) is 5.69 Å². The van der Waals surface area contributed by atoms with Crippen LogP contribution in [0.25, 0.3) is 0 Å². The van der Waals surface area contributed by atoms with Crippen LogP contribution in [0.15, 0.2) is 24.3 Å². The summed E-state index contributed by atoms with van der Waals surface area (Å²) < 4.78 is 0.